The number of aromatic nitrogens is 1. The Morgan fingerprint density at radius 3 is 1.72 bits per heavy atom. The monoisotopic (exact) mass is 241 g/mol. The molecule has 0 aliphatic heterocycles. The molecule has 0 spiro atoms. The molecule has 1 aromatic heterocycles. The molecule has 0 bridgehead atoms. The van der Waals surface area contributed by atoms with Crippen LogP contribution in [-0.2, 0) is 10.8 Å². The van der Waals surface area contributed by atoms with E-state index in [-0.39, 0.29) is 10.8 Å². The Morgan fingerprint density at radius 1 is 0.722 bits per heavy atom. The van der Waals surface area contributed by atoms with Gasteiger partial charge in [-0.25, -0.2) is 0 Å². The van der Waals surface area contributed by atoms with Crippen molar-refractivity contribution >= 4 is 10.8 Å². The van der Waals surface area contributed by atoms with Gasteiger partial charge in [-0.2, -0.15) is 0 Å². The van der Waals surface area contributed by atoms with Crippen molar-refractivity contribution in [3.8, 4) is 0 Å². The van der Waals surface area contributed by atoms with Gasteiger partial charge in [0, 0.05) is 17.8 Å². The van der Waals surface area contributed by atoms with Gasteiger partial charge in [0.2, 0.25) is 0 Å². The number of hydrogen-bond donors (Lipinski definition) is 0. The van der Waals surface area contributed by atoms with E-state index in [2.05, 4.69) is 64.7 Å². The van der Waals surface area contributed by atoms with Gasteiger partial charge in [0.1, 0.15) is 0 Å². The molecule has 96 valence electrons. The first-order valence-electron chi connectivity index (χ1n) is 6.59. The van der Waals surface area contributed by atoms with E-state index in [1.807, 2.05) is 12.4 Å². The van der Waals surface area contributed by atoms with Gasteiger partial charge in [0.05, 0.1) is 0 Å². The fraction of sp³-hybridized carbons (Fsp3) is 0.471. The molecule has 2 aromatic rings. The third-order valence-electron chi connectivity index (χ3n) is 3.43. The Hall–Kier alpha value is -1.37. The Balaban J connectivity index is 2.83. The Bertz CT molecular complexity index is 516. The minimum atomic E-state index is 0.150. The van der Waals surface area contributed by atoms with Crippen LogP contribution >= 0.6 is 0 Å². The summed E-state index contributed by atoms with van der Waals surface area (Å²) in [6.07, 6.45) is 3.90. The van der Waals surface area contributed by atoms with Crippen LogP contribution in [0.25, 0.3) is 10.8 Å². The van der Waals surface area contributed by atoms with Crippen molar-refractivity contribution < 1.29 is 0 Å². The van der Waals surface area contributed by atoms with Crippen LogP contribution in [-0.4, -0.2) is 4.98 Å². The molecule has 1 heterocycles. The summed E-state index contributed by atoms with van der Waals surface area (Å²) in [5.41, 5.74) is 3.08. The third kappa shape index (κ3) is 2.27. The maximum atomic E-state index is 4.31. The lowest BCUT2D eigenvalue weighted by Gasteiger charge is -2.26. The Kier molecular flexibility index (Phi) is 2.96. The van der Waals surface area contributed by atoms with E-state index in [0.717, 1.165) is 0 Å². The van der Waals surface area contributed by atoms with E-state index in [4.69, 9.17) is 0 Å². The highest BCUT2D eigenvalue weighted by Gasteiger charge is 2.22. The van der Waals surface area contributed by atoms with Gasteiger partial charge in [-0.1, -0.05) is 53.7 Å². The molecule has 0 aliphatic carbocycles. The predicted octanol–water partition coefficient (Wildman–Crippen LogP) is 4.83. The number of benzene rings is 1. The highest BCUT2D eigenvalue weighted by Crippen LogP contribution is 2.35. The summed E-state index contributed by atoms with van der Waals surface area (Å²) in [6.45, 7) is 13.6. The van der Waals surface area contributed by atoms with Gasteiger partial charge in [0.25, 0.3) is 0 Å². The van der Waals surface area contributed by atoms with Gasteiger partial charge in [0.15, 0.2) is 0 Å². The van der Waals surface area contributed by atoms with Crippen LogP contribution in [0.1, 0.15) is 52.7 Å². The summed E-state index contributed by atoms with van der Waals surface area (Å²) >= 11 is 0. The number of nitrogens with zero attached hydrogens (tertiary/aromatic N) is 1. The predicted molar refractivity (Wildman–Crippen MR) is 79.1 cm³/mol. The van der Waals surface area contributed by atoms with Crippen molar-refractivity contribution in [1.29, 1.82) is 0 Å². The maximum absolute atomic E-state index is 4.31. The minimum absolute atomic E-state index is 0.150. The normalized spacial score (nSPS) is 13.0. The van der Waals surface area contributed by atoms with Crippen LogP contribution in [0, 0.1) is 0 Å². The van der Waals surface area contributed by atoms with E-state index in [0.29, 0.717) is 0 Å². The molecule has 0 radical (unpaired) electrons. The summed E-state index contributed by atoms with van der Waals surface area (Å²) in [7, 11) is 0. The van der Waals surface area contributed by atoms with Gasteiger partial charge in [-0.3, -0.25) is 4.98 Å². The van der Waals surface area contributed by atoms with Gasteiger partial charge in [-0.05, 0) is 33.4 Å². The minimum Gasteiger partial charge on any atom is -0.264 e. The lowest BCUT2D eigenvalue weighted by Crippen LogP contribution is -2.16. The second-order valence-electron chi connectivity index (χ2n) is 7.08. The van der Waals surface area contributed by atoms with E-state index in [9.17, 15) is 0 Å². The van der Waals surface area contributed by atoms with Crippen LogP contribution in [0.2, 0.25) is 0 Å². The fourth-order valence-electron chi connectivity index (χ4n) is 2.50. The summed E-state index contributed by atoms with van der Waals surface area (Å²) in [5.74, 6) is 0. The van der Waals surface area contributed by atoms with Crippen LogP contribution in [0.5, 0.6) is 0 Å². The van der Waals surface area contributed by atoms with Crippen molar-refractivity contribution in [2.24, 2.45) is 0 Å². The van der Waals surface area contributed by atoms with E-state index in [1.54, 1.807) is 0 Å². The van der Waals surface area contributed by atoms with Crippen LogP contribution < -0.4 is 0 Å². The lowest BCUT2D eigenvalue weighted by atomic mass is 9.78. The fourth-order valence-corrected chi connectivity index (χ4v) is 2.50. The molecule has 0 N–H and O–H groups in total. The molecule has 0 saturated carbocycles. The first kappa shape index (κ1) is 13.1. The second-order valence-corrected chi connectivity index (χ2v) is 7.08. The summed E-state index contributed by atoms with van der Waals surface area (Å²) in [5, 5.41) is 2.63. The average molecular weight is 241 g/mol. The molecule has 0 amide bonds. The molecule has 0 fully saturated rings. The second kappa shape index (κ2) is 4.08. The zero-order valence-corrected chi connectivity index (χ0v) is 12.3. The molecule has 1 nitrogen and oxygen atoms in total. The molecular weight excluding hydrogens is 218 g/mol. The molecule has 2 rings (SSSR count). The van der Waals surface area contributed by atoms with Crippen LogP contribution in [0.15, 0.2) is 30.6 Å². The highest BCUT2D eigenvalue weighted by molar-refractivity contribution is 5.89. The number of hydrogen-bond acceptors (Lipinski definition) is 1. The summed E-state index contributed by atoms with van der Waals surface area (Å²) in [6, 6.07) is 6.69. The Labute approximate surface area is 110 Å². The molecule has 1 heteroatoms. The van der Waals surface area contributed by atoms with Crippen molar-refractivity contribution in [2.45, 2.75) is 52.4 Å². The third-order valence-corrected chi connectivity index (χ3v) is 3.43. The number of pyridine rings is 1. The lowest BCUT2D eigenvalue weighted by molar-refractivity contribution is 0.585. The van der Waals surface area contributed by atoms with Crippen LogP contribution in [0.4, 0.5) is 0 Å². The van der Waals surface area contributed by atoms with Crippen molar-refractivity contribution in [3.63, 3.8) is 0 Å². The molecule has 18 heavy (non-hydrogen) atoms. The molecule has 1 aromatic carbocycles. The zero-order valence-electron chi connectivity index (χ0n) is 12.3. The highest BCUT2D eigenvalue weighted by atomic mass is 14.6. The largest absolute Gasteiger partial charge is 0.264 e. The quantitative estimate of drug-likeness (QED) is 0.643. The summed E-state index contributed by atoms with van der Waals surface area (Å²) < 4.78 is 0. The number of rotatable bonds is 0. The van der Waals surface area contributed by atoms with Crippen molar-refractivity contribution in [1.82, 2.24) is 4.98 Å². The first-order valence-corrected chi connectivity index (χ1v) is 6.59. The van der Waals surface area contributed by atoms with Crippen molar-refractivity contribution in [3.05, 3.63) is 41.7 Å². The van der Waals surface area contributed by atoms with Gasteiger partial charge >= 0.3 is 0 Å². The maximum Gasteiger partial charge on any atom is 0.0349 e. The molecule has 0 aliphatic rings. The van der Waals surface area contributed by atoms with Crippen molar-refractivity contribution in [2.75, 3.05) is 0 Å². The Morgan fingerprint density at radius 2 is 1.22 bits per heavy atom. The molecular formula is C17H23N. The van der Waals surface area contributed by atoms with E-state index < -0.39 is 0 Å². The SMILES string of the molecule is CC(C)(C)c1ccc(C(C)(C)C)c2cnccc12. The number of fused-ring (bicyclic) bond motifs is 1. The average Bonchev–Trinajstić information content (AvgIpc) is 2.24. The zero-order chi connectivity index (χ0) is 13.6. The summed E-state index contributed by atoms with van der Waals surface area (Å²) in [4.78, 5) is 4.31. The van der Waals surface area contributed by atoms with Gasteiger partial charge in [-0.15, -0.1) is 0 Å². The van der Waals surface area contributed by atoms with Gasteiger partial charge < -0.3 is 0 Å². The first-order chi connectivity index (χ1) is 8.21. The smallest absolute Gasteiger partial charge is 0.0349 e. The van der Waals surface area contributed by atoms with E-state index in [1.165, 1.54) is 21.9 Å². The molecule has 0 saturated heterocycles. The molecule has 0 atom stereocenters. The van der Waals surface area contributed by atoms with E-state index >= 15 is 0 Å². The topological polar surface area (TPSA) is 12.9 Å². The molecule has 0 unspecified atom stereocenters. The van der Waals surface area contributed by atoms with Crippen LogP contribution in [0.3, 0.4) is 0 Å². The standard InChI is InChI=1S/C17H23N/c1-16(2,3)14-7-8-15(17(4,5)6)13-11-18-10-9-12(13)14/h7-11H,1-6H3.